The summed E-state index contributed by atoms with van der Waals surface area (Å²) in [6.45, 7) is 4.03. The van der Waals surface area contributed by atoms with Crippen molar-refractivity contribution in [2.75, 3.05) is 13.2 Å². The van der Waals surface area contributed by atoms with E-state index in [1.165, 1.54) is 128 Å². The molecule has 302 valence electrons. The molecule has 0 aliphatic heterocycles. The van der Waals surface area contributed by atoms with Crippen LogP contribution in [0.2, 0.25) is 0 Å². The first-order chi connectivity index (χ1) is 25.6. The molecule has 0 aliphatic carbocycles. The maximum absolute atomic E-state index is 12.2. The molecule has 0 saturated carbocycles. The SMILES string of the molecule is CC/C=C\C/C=C\C/C=C\CCCCCCCCCC(=O)OC(CO)COC(=O)CCCCCCCCCCC/C=C\CCCCCCCCCC. The smallest absolute Gasteiger partial charge is 0.306 e. The minimum Gasteiger partial charge on any atom is -0.462 e. The maximum atomic E-state index is 12.2. The third-order valence-electron chi connectivity index (χ3n) is 9.61. The first kappa shape index (κ1) is 49.9. The summed E-state index contributed by atoms with van der Waals surface area (Å²) in [5, 5.41) is 9.58. The van der Waals surface area contributed by atoms with Gasteiger partial charge in [0, 0.05) is 12.8 Å². The average molecular weight is 729 g/mol. The summed E-state index contributed by atoms with van der Waals surface area (Å²) in [7, 11) is 0. The quantitative estimate of drug-likeness (QED) is 0.0386. The van der Waals surface area contributed by atoms with Crippen molar-refractivity contribution in [3.05, 3.63) is 48.6 Å². The van der Waals surface area contributed by atoms with Gasteiger partial charge in [0.1, 0.15) is 6.61 Å². The number of ether oxygens (including phenoxy) is 2. The van der Waals surface area contributed by atoms with E-state index in [-0.39, 0.29) is 25.2 Å². The van der Waals surface area contributed by atoms with E-state index in [1.54, 1.807) is 0 Å². The Balaban J connectivity index is 3.53. The molecule has 0 heterocycles. The normalized spacial score (nSPS) is 12.6. The predicted molar refractivity (Wildman–Crippen MR) is 224 cm³/mol. The molecule has 0 aromatic carbocycles. The molecule has 0 amide bonds. The maximum Gasteiger partial charge on any atom is 0.306 e. The molecular weight excluding hydrogens is 645 g/mol. The molecule has 0 radical (unpaired) electrons. The summed E-state index contributed by atoms with van der Waals surface area (Å²) in [4.78, 5) is 24.3. The van der Waals surface area contributed by atoms with Gasteiger partial charge in [-0.2, -0.15) is 0 Å². The molecule has 0 rings (SSSR count). The van der Waals surface area contributed by atoms with Gasteiger partial charge in [-0.05, 0) is 70.6 Å². The molecule has 0 bridgehead atoms. The van der Waals surface area contributed by atoms with Gasteiger partial charge in [0.05, 0.1) is 6.61 Å². The molecule has 1 unspecified atom stereocenters. The van der Waals surface area contributed by atoms with Crippen LogP contribution in [-0.4, -0.2) is 36.4 Å². The van der Waals surface area contributed by atoms with Crippen molar-refractivity contribution in [2.24, 2.45) is 0 Å². The van der Waals surface area contributed by atoms with Gasteiger partial charge in [0.15, 0.2) is 6.10 Å². The highest BCUT2D eigenvalue weighted by molar-refractivity contribution is 5.70. The number of aliphatic hydroxyl groups excluding tert-OH is 1. The zero-order valence-electron chi connectivity index (χ0n) is 34.3. The fourth-order valence-corrected chi connectivity index (χ4v) is 6.27. The van der Waals surface area contributed by atoms with Crippen molar-refractivity contribution in [1.82, 2.24) is 0 Å². The monoisotopic (exact) mass is 729 g/mol. The van der Waals surface area contributed by atoms with E-state index in [4.69, 9.17) is 9.47 Å². The van der Waals surface area contributed by atoms with E-state index in [0.29, 0.717) is 12.8 Å². The number of carbonyl (C=O) groups is 2. The van der Waals surface area contributed by atoms with E-state index in [9.17, 15) is 14.7 Å². The molecule has 5 nitrogen and oxygen atoms in total. The van der Waals surface area contributed by atoms with Crippen molar-refractivity contribution < 1.29 is 24.2 Å². The second-order valence-electron chi connectivity index (χ2n) is 14.7. The molecule has 0 aromatic heterocycles. The van der Waals surface area contributed by atoms with Crippen molar-refractivity contribution >= 4 is 11.9 Å². The van der Waals surface area contributed by atoms with Crippen LogP contribution in [0.5, 0.6) is 0 Å². The van der Waals surface area contributed by atoms with E-state index < -0.39 is 6.10 Å². The second-order valence-corrected chi connectivity index (χ2v) is 14.7. The van der Waals surface area contributed by atoms with Gasteiger partial charge in [-0.25, -0.2) is 0 Å². The van der Waals surface area contributed by atoms with Crippen LogP contribution in [0.4, 0.5) is 0 Å². The van der Waals surface area contributed by atoms with Crippen LogP contribution < -0.4 is 0 Å². The van der Waals surface area contributed by atoms with Crippen molar-refractivity contribution in [1.29, 1.82) is 0 Å². The third-order valence-corrected chi connectivity index (χ3v) is 9.61. The average Bonchev–Trinajstić information content (AvgIpc) is 3.15. The minimum atomic E-state index is -0.778. The summed E-state index contributed by atoms with van der Waals surface area (Å²) in [6.07, 6.45) is 54.7. The van der Waals surface area contributed by atoms with Gasteiger partial charge in [-0.15, -0.1) is 0 Å². The number of aliphatic hydroxyl groups is 1. The fraction of sp³-hybridized carbons (Fsp3) is 0.787. The van der Waals surface area contributed by atoms with Gasteiger partial charge < -0.3 is 14.6 Å². The minimum absolute atomic E-state index is 0.0708. The van der Waals surface area contributed by atoms with Gasteiger partial charge in [0.2, 0.25) is 0 Å². The lowest BCUT2D eigenvalue weighted by atomic mass is 10.1. The first-order valence-electron chi connectivity index (χ1n) is 22.2. The summed E-state index contributed by atoms with van der Waals surface area (Å²) in [5.41, 5.74) is 0. The topological polar surface area (TPSA) is 72.8 Å². The number of rotatable bonds is 40. The number of unbranched alkanes of at least 4 members (excludes halogenated alkanes) is 24. The number of esters is 2. The summed E-state index contributed by atoms with van der Waals surface area (Å²) < 4.78 is 10.6. The first-order valence-corrected chi connectivity index (χ1v) is 22.2. The zero-order chi connectivity index (χ0) is 37.8. The number of hydrogen-bond donors (Lipinski definition) is 1. The molecule has 1 atom stereocenters. The molecule has 5 heteroatoms. The number of carbonyl (C=O) groups excluding carboxylic acids is 2. The molecule has 52 heavy (non-hydrogen) atoms. The van der Waals surface area contributed by atoms with Crippen LogP contribution in [0, 0.1) is 0 Å². The van der Waals surface area contributed by atoms with Crippen LogP contribution in [-0.2, 0) is 19.1 Å². The standard InChI is InChI=1S/C47H84O5/c1-3-5-7-9-11-13-15-17-19-21-22-23-24-26-27-29-31-33-35-37-39-41-46(49)51-44-45(43-48)52-47(50)42-40-38-36-34-32-30-28-25-20-18-16-14-12-10-8-6-4-2/h6,8,12,14,18,20-22,45,48H,3-5,7,9-11,13,15-17,19,23-44H2,1-2H3/b8-6-,14-12-,20-18-,22-21-. The Hall–Kier alpha value is -2.14. The Labute approximate surface area is 322 Å². The second kappa shape index (κ2) is 43.3. The molecule has 0 aliphatic rings. The van der Waals surface area contributed by atoms with Crippen molar-refractivity contribution in [3.8, 4) is 0 Å². The Bertz CT molecular complexity index is 873. The molecule has 1 N–H and O–H groups in total. The summed E-state index contributed by atoms with van der Waals surface area (Å²) in [5.74, 6) is -0.601. The van der Waals surface area contributed by atoms with Gasteiger partial charge in [-0.3, -0.25) is 9.59 Å². The Morgan fingerprint density at radius 1 is 0.462 bits per heavy atom. The van der Waals surface area contributed by atoms with E-state index in [2.05, 4.69) is 62.5 Å². The van der Waals surface area contributed by atoms with Gasteiger partial charge >= 0.3 is 11.9 Å². The highest BCUT2D eigenvalue weighted by Gasteiger charge is 2.16. The largest absolute Gasteiger partial charge is 0.462 e. The summed E-state index contributed by atoms with van der Waals surface area (Å²) in [6, 6.07) is 0. The molecule has 0 spiro atoms. The Kier molecular flexibility index (Phi) is 41.5. The van der Waals surface area contributed by atoms with E-state index in [0.717, 1.165) is 64.2 Å². The lowest BCUT2D eigenvalue weighted by molar-refractivity contribution is -0.161. The molecule has 0 fully saturated rings. The van der Waals surface area contributed by atoms with Crippen LogP contribution in [0.1, 0.15) is 219 Å². The van der Waals surface area contributed by atoms with Crippen LogP contribution >= 0.6 is 0 Å². The lowest BCUT2D eigenvalue weighted by Gasteiger charge is -2.15. The molecule has 0 saturated heterocycles. The highest BCUT2D eigenvalue weighted by atomic mass is 16.6. The third kappa shape index (κ3) is 40.6. The van der Waals surface area contributed by atoms with Gasteiger partial charge in [-0.1, -0.05) is 184 Å². The zero-order valence-corrected chi connectivity index (χ0v) is 34.3. The van der Waals surface area contributed by atoms with E-state index in [1.807, 2.05) is 0 Å². The Morgan fingerprint density at radius 2 is 0.827 bits per heavy atom. The van der Waals surface area contributed by atoms with Crippen LogP contribution in [0.25, 0.3) is 0 Å². The lowest BCUT2D eigenvalue weighted by Crippen LogP contribution is -2.28. The predicted octanol–water partition coefficient (Wildman–Crippen LogP) is 14.2. The Morgan fingerprint density at radius 3 is 1.27 bits per heavy atom. The number of hydrogen-bond acceptors (Lipinski definition) is 5. The van der Waals surface area contributed by atoms with Crippen LogP contribution in [0.3, 0.4) is 0 Å². The van der Waals surface area contributed by atoms with Crippen LogP contribution in [0.15, 0.2) is 48.6 Å². The number of allylic oxidation sites excluding steroid dienone is 8. The fourth-order valence-electron chi connectivity index (χ4n) is 6.27. The highest BCUT2D eigenvalue weighted by Crippen LogP contribution is 2.14. The van der Waals surface area contributed by atoms with Gasteiger partial charge in [0.25, 0.3) is 0 Å². The molecule has 0 aromatic rings. The van der Waals surface area contributed by atoms with Crippen molar-refractivity contribution in [3.63, 3.8) is 0 Å². The summed E-state index contributed by atoms with van der Waals surface area (Å²) >= 11 is 0. The van der Waals surface area contributed by atoms with E-state index >= 15 is 0 Å². The van der Waals surface area contributed by atoms with Crippen molar-refractivity contribution in [2.45, 2.75) is 225 Å². The molecular formula is C47H84O5.